The molecule has 1 heterocycles. The van der Waals surface area contributed by atoms with Gasteiger partial charge in [0.15, 0.2) is 0 Å². The van der Waals surface area contributed by atoms with E-state index < -0.39 is 13.9 Å². The standard InChI is InChI=1S/C9H9Cl2O3P.ClH2O3P/c10-8-3-1-2-7(6-8)9-4-5-13-15(11,12)14-9;1-5(2,3)4/h1-3,6,9H,4-5H2;(H2,2,3,4). The number of rotatable bonds is 1. The van der Waals surface area contributed by atoms with Gasteiger partial charge in [0.1, 0.15) is 0 Å². The Morgan fingerprint density at radius 1 is 1.40 bits per heavy atom. The second kappa shape index (κ2) is 7.59. The molecule has 20 heavy (non-hydrogen) atoms. The number of hydrogen-bond acceptors (Lipinski definition) is 4. The summed E-state index contributed by atoms with van der Waals surface area (Å²) < 4.78 is 30.5. The van der Waals surface area contributed by atoms with E-state index in [9.17, 15) is 4.57 Å². The van der Waals surface area contributed by atoms with E-state index >= 15 is 0 Å². The largest absolute Gasteiger partial charge is 0.424 e. The topological polar surface area (TPSA) is 93.1 Å². The predicted molar refractivity (Wildman–Crippen MR) is 77.2 cm³/mol. The summed E-state index contributed by atoms with van der Waals surface area (Å²) in [5.41, 5.74) is 0.867. The van der Waals surface area contributed by atoms with Crippen molar-refractivity contribution >= 4 is 48.0 Å². The smallest absolute Gasteiger partial charge is 0.313 e. The van der Waals surface area contributed by atoms with Crippen molar-refractivity contribution in [2.24, 2.45) is 0 Å². The Morgan fingerprint density at radius 2 is 2.00 bits per heavy atom. The maximum absolute atomic E-state index is 11.4. The third-order valence-corrected chi connectivity index (χ3v) is 3.86. The summed E-state index contributed by atoms with van der Waals surface area (Å²) in [7, 11) is 0. The van der Waals surface area contributed by atoms with Gasteiger partial charge in [-0.25, -0.2) is 9.13 Å². The Labute approximate surface area is 130 Å². The van der Waals surface area contributed by atoms with Gasteiger partial charge in [0.05, 0.1) is 12.7 Å². The van der Waals surface area contributed by atoms with Gasteiger partial charge in [-0.15, -0.1) is 0 Å². The van der Waals surface area contributed by atoms with Gasteiger partial charge in [-0.1, -0.05) is 23.7 Å². The highest BCUT2D eigenvalue weighted by atomic mass is 35.7. The van der Waals surface area contributed by atoms with Crippen molar-refractivity contribution in [2.45, 2.75) is 12.5 Å². The molecule has 1 aliphatic rings. The SMILES string of the molecule is O=P(O)(O)Cl.O=P1(Cl)OCCC(c2cccc(Cl)c2)O1. The summed E-state index contributed by atoms with van der Waals surface area (Å²) in [6.45, 7) is -7.23. The van der Waals surface area contributed by atoms with E-state index in [0.29, 0.717) is 18.1 Å². The van der Waals surface area contributed by atoms with Gasteiger partial charge < -0.3 is 9.79 Å². The summed E-state index contributed by atoms with van der Waals surface area (Å²) >= 11 is 15.6. The van der Waals surface area contributed by atoms with Crippen LogP contribution in [0.3, 0.4) is 0 Å². The molecule has 2 unspecified atom stereocenters. The van der Waals surface area contributed by atoms with Crippen LogP contribution in [0, 0.1) is 0 Å². The zero-order valence-electron chi connectivity index (χ0n) is 9.86. The molecule has 1 aromatic carbocycles. The Hall–Kier alpha value is 0.390. The van der Waals surface area contributed by atoms with Crippen LogP contribution in [0.5, 0.6) is 0 Å². The molecule has 0 radical (unpaired) electrons. The molecular weight excluding hydrogens is 372 g/mol. The second-order valence-corrected chi connectivity index (χ2v) is 8.95. The van der Waals surface area contributed by atoms with Crippen LogP contribution < -0.4 is 0 Å². The first-order valence-electron chi connectivity index (χ1n) is 5.20. The van der Waals surface area contributed by atoms with Crippen molar-refractivity contribution in [3.63, 3.8) is 0 Å². The lowest BCUT2D eigenvalue weighted by Crippen LogP contribution is -2.11. The maximum atomic E-state index is 11.4. The lowest BCUT2D eigenvalue weighted by atomic mass is 10.1. The quantitative estimate of drug-likeness (QED) is 0.695. The minimum absolute atomic E-state index is 0.305. The van der Waals surface area contributed by atoms with Crippen LogP contribution in [0.4, 0.5) is 0 Å². The van der Waals surface area contributed by atoms with Crippen LogP contribution >= 0.6 is 48.0 Å². The van der Waals surface area contributed by atoms with Crippen molar-refractivity contribution in [2.75, 3.05) is 6.61 Å². The number of benzene rings is 1. The highest BCUT2D eigenvalue weighted by molar-refractivity contribution is 7.81. The lowest BCUT2D eigenvalue weighted by Gasteiger charge is -2.26. The van der Waals surface area contributed by atoms with Crippen molar-refractivity contribution in [3.8, 4) is 0 Å². The summed E-state index contributed by atoms with van der Waals surface area (Å²) in [6, 6.07) is 7.22. The molecule has 0 saturated carbocycles. The minimum Gasteiger partial charge on any atom is -0.313 e. The molecule has 0 amide bonds. The fraction of sp³-hybridized carbons (Fsp3) is 0.333. The number of hydrogen-bond donors (Lipinski definition) is 2. The van der Waals surface area contributed by atoms with Gasteiger partial charge >= 0.3 is 13.9 Å². The minimum atomic E-state index is -4.17. The van der Waals surface area contributed by atoms with E-state index in [4.69, 9.17) is 46.2 Å². The van der Waals surface area contributed by atoms with Gasteiger partial charge in [-0.2, -0.15) is 0 Å². The molecule has 2 atom stereocenters. The third-order valence-electron chi connectivity index (χ3n) is 2.10. The highest BCUT2D eigenvalue weighted by Crippen LogP contribution is 2.60. The molecule has 11 heteroatoms. The van der Waals surface area contributed by atoms with E-state index in [1.165, 1.54) is 0 Å². The molecule has 1 aliphatic heterocycles. The molecule has 0 aromatic heterocycles. The van der Waals surface area contributed by atoms with Crippen LogP contribution in [0.1, 0.15) is 18.1 Å². The Balaban J connectivity index is 0.000000347. The normalized spacial score (nSPS) is 26.6. The molecule has 6 nitrogen and oxygen atoms in total. The summed E-state index contributed by atoms with van der Waals surface area (Å²) in [5, 5.41) is 0.618. The monoisotopic (exact) mass is 382 g/mol. The Kier molecular flexibility index (Phi) is 7.00. The summed E-state index contributed by atoms with van der Waals surface area (Å²) in [6.07, 6.45) is 0.317. The Bertz CT molecular complexity index is 540. The van der Waals surface area contributed by atoms with Crippen LogP contribution in [-0.2, 0) is 18.2 Å². The van der Waals surface area contributed by atoms with Gasteiger partial charge in [-0.3, -0.25) is 9.05 Å². The molecule has 2 N–H and O–H groups in total. The average Bonchev–Trinajstić information content (AvgIpc) is 2.25. The molecule has 0 bridgehead atoms. The van der Waals surface area contributed by atoms with Gasteiger partial charge in [-0.05, 0) is 17.7 Å². The van der Waals surface area contributed by atoms with E-state index in [1.54, 1.807) is 12.1 Å². The summed E-state index contributed by atoms with van der Waals surface area (Å²) in [4.78, 5) is 14.8. The molecule has 1 fully saturated rings. The van der Waals surface area contributed by atoms with Crippen molar-refractivity contribution in [3.05, 3.63) is 34.9 Å². The molecular formula is C9H11Cl3O6P2. The van der Waals surface area contributed by atoms with Crippen LogP contribution in [0.2, 0.25) is 5.02 Å². The first-order valence-corrected chi connectivity index (χ1v) is 10.5. The number of halogens is 3. The lowest BCUT2D eigenvalue weighted by molar-refractivity contribution is 0.0913. The summed E-state index contributed by atoms with van der Waals surface area (Å²) in [5.74, 6) is 0. The fourth-order valence-electron chi connectivity index (χ4n) is 1.44. The predicted octanol–water partition coefficient (Wildman–Crippen LogP) is 4.48. The van der Waals surface area contributed by atoms with Gasteiger partial charge in [0.25, 0.3) is 0 Å². The molecule has 114 valence electrons. The van der Waals surface area contributed by atoms with Gasteiger partial charge in [0.2, 0.25) is 0 Å². The zero-order valence-corrected chi connectivity index (χ0v) is 13.9. The van der Waals surface area contributed by atoms with E-state index in [2.05, 4.69) is 11.2 Å². The first kappa shape index (κ1) is 18.4. The van der Waals surface area contributed by atoms with Crippen LogP contribution in [0.15, 0.2) is 24.3 Å². The molecule has 0 spiro atoms. The van der Waals surface area contributed by atoms with Crippen molar-refractivity contribution in [1.29, 1.82) is 0 Å². The van der Waals surface area contributed by atoms with E-state index in [-0.39, 0.29) is 6.10 Å². The molecule has 2 rings (SSSR count). The van der Waals surface area contributed by atoms with Gasteiger partial charge in [0, 0.05) is 33.9 Å². The average molecular weight is 383 g/mol. The van der Waals surface area contributed by atoms with Crippen LogP contribution in [0.25, 0.3) is 0 Å². The molecule has 1 aromatic rings. The first-order chi connectivity index (χ1) is 9.07. The third kappa shape index (κ3) is 7.99. The van der Waals surface area contributed by atoms with Crippen molar-refractivity contribution in [1.82, 2.24) is 0 Å². The molecule has 1 saturated heterocycles. The zero-order chi connectivity index (χ0) is 15.4. The van der Waals surface area contributed by atoms with Crippen LogP contribution in [-0.4, -0.2) is 16.4 Å². The molecule has 0 aliphatic carbocycles. The van der Waals surface area contributed by atoms with Crippen molar-refractivity contribution < 1.29 is 28.0 Å². The second-order valence-electron chi connectivity index (χ2n) is 3.67. The highest BCUT2D eigenvalue weighted by Gasteiger charge is 2.32. The Morgan fingerprint density at radius 3 is 2.50 bits per heavy atom. The fourth-order valence-corrected chi connectivity index (χ4v) is 3.05. The van der Waals surface area contributed by atoms with E-state index in [0.717, 1.165) is 5.56 Å². The maximum Gasteiger partial charge on any atom is 0.424 e. The van der Waals surface area contributed by atoms with E-state index in [1.807, 2.05) is 12.1 Å².